The van der Waals surface area contributed by atoms with Gasteiger partial charge >= 0.3 is 0 Å². The number of carbonyl (C=O) groups excluding carboxylic acids is 1. The van der Waals surface area contributed by atoms with Crippen LogP contribution < -0.4 is 10.6 Å². The molecule has 0 unspecified atom stereocenters. The summed E-state index contributed by atoms with van der Waals surface area (Å²) in [6.07, 6.45) is 0.584. The number of halogens is 1. The van der Waals surface area contributed by atoms with Crippen LogP contribution in [0.1, 0.15) is 22.8 Å². The van der Waals surface area contributed by atoms with Gasteiger partial charge in [0.25, 0.3) is 5.91 Å². The summed E-state index contributed by atoms with van der Waals surface area (Å²) in [6.45, 7) is 4.50. The monoisotopic (exact) mass is 391 g/mol. The molecule has 0 saturated carbocycles. The molecular formula is C16H26ClN3O4S. The fourth-order valence-corrected chi connectivity index (χ4v) is 4.28. The van der Waals surface area contributed by atoms with Crippen LogP contribution >= 0.6 is 12.4 Å². The topological polar surface area (TPSA) is 87.7 Å². The van der Waals surface area contributed by atoms with Crippen molar-refractivity contribution in [3.05, 3.63) is 29.3 Å². The fourth-order valence-electron chi connectivity index (χ4n) is 2.56. The third-order valence-electron chi connectivity index (χ3n) is 3.96. The third-order valence-corrected chi connectivity index (χ3v) is 5.94. The molecule has 25 heavy (non-hydrogen) atoms. The molecule has 0 bridgehead atoms. The van der Waals surface area contributed by atoms with E-state index < -0.39 is 10.0 Å². The third kappa shape index (κ3) is 5.39. The normalized spacial score (nSPS) is 15.4. The predicted molar refractivity (Wildman–Crippen MR) is 98.9 cm³/mol. The average molecular weight is 392 g/mol. The van der Waals surface area contributed by atoms with Crippen molar-refractivity contribution >= 4 is 28.3 Å². The van der Waals surface area contributed by atoms with Crippen LogP contribution in [-0.4, -0.2) is 65.1 Å². The van der Waals surface area contributed by atoms with E-state index in [0.29, 0.717) is 56.9 Å². The Hall–Kier alpha value is -1.19. The summed E-state index contributed by atoms with van der Waals surface area (Å²) in [4.78, 5) is 12.4. The molecule has 1 aromatic carbocycles. The first-order valence-electron chi connectivity index (χ1n) is 8.14. The van der Waals surface area contributed by atoms with E-state index in [1.165, 1.54) is 10.4 Å². The maximum absolute atomic E-state index is 12.9. The fraction of sp³-hybridized carbons (Fsp3) is 0.562. The van der Waals surface area contributed by atoms with E-state index in [2.05, 4.69) is 10.6 Å². The van der Waals surface area contributed by atoms with Crippen molar-refractivity contribution in [3.8, 4) is 0 Å². The van der Waals surface area contributed by atoms with Gasteiger partial charge in [-0.3, -0.25) is 4.79 Å². The first-order valence-corrected chi connectivity index (χ1v) is 9.58. The van der Waals surface area contributed by atoms with E-state index in [1.807, 2.05) is 6.92 Å². The molecule has 1 saturated heterocycles. The molecule has 142 valence electrons. The van der Waals surface area contributed by atoms with Gasteiger partial charge in [-0.25, -0.2) is 8.42 Å². The summed E-state index contributed by atoms with van der Waals surface area (Å²) in [5, 5.41) is 5.71. The summed E-state index contributed by atoms with van der Waals surface area (Å²) in [5.41, 5.74) is 1.07. The van der Waals surface area contributed by atoms with E-state index >= 15 is 0 Å². The van der Waals surface area contributed by atoms with Crippen LogP contribution in [0.25, 0.3) is 0 Å². The van der Waals surface area contributed by atoms with E-state index in [-0.39, 0.29) is 23.2 Å². The smallest absolute Gasteiger partial charge is 0.251 e. The van der Waals surface area contributed by atoms with Crippen LogP contribution in [-0.2, 0) is 21.2 Å². The number of carbonyl (C=O) groups is 1. The van der Waals surface area contributed by atoms with E-state index in [4.69, 9.17) is 4.74 Å². The van der Waals surface area contributed by atoms with Crippen molar-refractivity contribution in [2.24, 2.45) is 0 Å². The Bertz CT molecular complexity index is 676. The number of nitrogens with zero attached hydrogens (tertiary/aromatic N) is 1. The molecule has 1 aromatic rings. The summed E-state index contributed by atoms with van der Waals surface area (Å²) in [5.74, 6) is -0.272. The van der Waals surface area contributed by atoms with Crippen molar-refractivity contribution in [1.82, 2.24) is 14.9 Å². The summed E-state index contributed by atoms with van der Waals surface area (Å²) in [7, 11) is -1.82. The second kappa shape index (κ2) is 10.1. The molecule has 0 aliphatic carbocycles. The van der Waals surface area contributed by atoms with E-state index in [9.17, 15) is 13.2 Å². The van der Waals surface area contributed by atoms with Gasteiger partial charge in [-0.1, -0.05) is 13.0 Å². The van der Waals surface area contributed by atoms with Gasteiger partial charge in [-0.05, 0) is 31.2 Å². The van der Waals surface area contributed by atoms with E-state index in [0.717, 1.165) is 0 Å². The van der Waals surface area contributed by atoms with Gasteiger partial charge in [-0.2, -0.15) is 4.31 Å². The molecular weight excluding hydrogens is 366 g/mol. The Kier molecular flexibility index (Phi) is 8.81. The molecule has 0 atom stereocenters. The molecule has 1 heterocycles. The van der Waals surface area contributed by atoms with Crippen molar-refractivity contribution < 1.29 is 17.9 Å². The Labute approximate surface area is 155 Å². The SMILES string of the molecule is CCc1ccc(C(=O)NCCNC)cc1S(=O)(=O)N1CCOCC1.Cl. The summed E-state index contributed by atoms with van der Waals surface area (Å²) >= 11 is 0. The first kappa shape index (κ1) is 21.9. The Morgan fingerprint density at radius 3 is 2.52 bits per heavy atom. The van der Waals surface area contributed by atoms with Crippen LogP contribution in [0, 0.1) is 0 Å². The zero-order chi connectivity index (χ0) is 17.6. The van der Waals surface area contributed by atoms with Crippen LogP contribution in [0.2, 0.25) is 0 Å². The summed E-state index contributed by atoms with van der Waals surface area (Å²) in [6, 6.07) is 4.88. The quantitative estimate of drug-likeness (QED) is 0.666. The molecule has 1 aliphatic heterocycles. The van der Waals surface area contributed by atoms with Gasteiger partial charge < -0.3 is 15.4 Å². The lowest BCUT2D eigenvalue weighted by molar-refractivity contribution is 0.0730. The van der Waals surface area contributed by atoms with Gasteiger partial charge in [0, 0.05) is 31.7 Å². The van der Waals surface area contributed by atoms with Gasteiger partial charge in [0.1, 0.15) is 0 Å². The minimum atomic E-state index is -3.62. The molecule has 2 rings (SSSR count). The van der Waals surface area contributed by atoms with Gasteiger partial charge in [0.2, 0.25) is 10.0 Å². The number of morpholine rings is 1. The Morgan fingerprint density at radius 2 is 1.92 bits per heavy atom. The number of amides is 1. The molecule has 1 fully saturated rings. The van der Waals surface area contributed by atoms with Gasteiger partial charge in [0.15, 0.2) is 0 Å². The highest BCUT2D eigenvalue weighted by atomic mass is 35.5. The molecule has 1 aliphatic rings. The highest BCUT2D eigenvalue weighted by Crippen LogP contribution is 2.23. The standard InChI is InChI=1S/C16H25N3O4S.ClH/c1-3-13-4-5-14(16(20)18-7-6-17-2)12-15(13)24(21,22)19-8-10-23-11-9-19;/h4-5,12,17H,3,6-11H2,1-2H3,(H,18,20);1H. The average Bonchev–Trinajstić information content (AvgIpc) is 2.62. The van der Waals surface area contributed by atoms with Gasteiger partial charge in [0.05, 0.1) is 18.1 Å². The number of rotatable bonds is 7. The Morgan fingerprint density at radius 1 is 1.24 bits per heavy atom. The number of benzene rings is 1. The number of likely N-dealkylation sites (N-methyl/N-ethyl adjacent to an activating group) is 1. The van der Waals surface area contributed by atoms with Crippen molar-refractivity contribution in [1.29, 1.82) is 0 Å². The largest absolute Gasteiger partial charge is 0.379 e. The highest BCUT2D eigenvalue weighted by molar-refractivity contribution is 7.89. The molecule has 2 N–H and O–H groups in total. The van der Waals surface area contributed by atoms with Crippen molar-refractivity contribution in [3.63, 3.8) is 0 Å². The molecule has 9 heteroatoms. The molecule has 1 amide bonds. The second-order valence-corrected chi connectivity index (χ2v) is 7.46. The number of hydrogen-bond donors (Lipinski definition) is 2. The van der Waals surface area contributed by atoms with E-state index in [1.54, 1.807) is 19.2 Å². The zero-order valence-electron chi connectivity index (χ0n) is 14.6. The molecule has 0 spiro atoms. The maximum Gasteiger partial charge on any atom is 0.251 e. The van der Waals surface area contributed by atoms with Crippen molar-refractivity contribution in [2.75, 3.05) is 46.4 Å². The van der Waals surface area contributed by atoms with Crippen LogP contribution in [0.4, 0.5) is 0 Å². The predicted octanol–water partition coefficient (Wildman–Crippen LogP) is 0.641. The lowest BCUT2D eigenvalue weighted by Gasteiger charge is -2.27. The minimum absolute atomic E-state index is 0. The number of aryl methyl sites for hydroxylation is 1. The minimum Gasteiger partial charge on any atom is -0.379 e. The lowest BCUT2D eigenvalue weighted by atomic mass is 10.1. The Balaban J connectivity index is 0.00000312. The maximum atomic E-state index is 12.9. The molecule has 7 nitrogen and oxygen atoms in total. The van der Waals surface area contributed by atoms with Crippen LogP contribution in [0.3, 0.4) is 0 Å². The highest BCUT2D eigenvalue weighted by Gasteiger charge is 2.28. The lowest BCUT2D eigenvalue weighted by Crippen LogP contribution is -2.41. The molecule has 0 aromatic heterocycles. The number of sulfonamides is 1. The summed E-state index contributed by atoms with van der Waals surface area (Å²) < 4.78 is 32.5. The number of ether oxygens (including phenoxy) is 1. The zero-order valence-corrected chi connectivity index (χ0v) is 16.2. The van der Waals surface area contributed by atoms with Gasteiger partial charge in [-0.15, -0.1) is 12.4 Å². The number of nitrogens with one attached hydrogen (secondary N) is 2. The first-order chi connectivity index (χ1) is 11.5. The second-order valence-electron chi connectivity index (χ2n) is 5.55. The van der Waals surface area contributed by atoms with Crippen LogP contribution in [0.5, 0.6) is 0 Å². The molecule has 0 radical (unpaired) electrons. The van der Waals surface area contributed by atoms with Crippen LogP contribution in [0.15, 0.2) is 23.1 Å². The van der Waals surface area contributed by atoms with Crippen molar-refractivity contribution in [2.45, 2.75) is 18.2 Å². The number of hydrogen-bond acceptors (Lipinski definition) is 5.